The molecule has 0 bridgehead atoms. The van der Waals surface area contributed by atoms with Crippen LogP contribution in [-0.4, -0.2) is 27.6 Å². The molecule has 3 amide bonds. The van der Waals surface area contributed by atoms with Gasteiger partial charge in [0.2, 0.25) is 0 Å². The Hall–Kier alpha value is -5.13. The highest BCUT2D eigenvalue weighted by Gasteiger charge is 2.13. The summed E-state index contributed by atoms with van der Waals surface area (Å²) in [6, 6.07) is 15.7. The lowest BCUT2D eigenvalue weighted by molar-refractivity contribution is -0.385. The van der Waals surface area contributed by atoms with E-state index >= 15 is 0 Å². The highest BCUT2D eigenvalue weighted by Crippen LogP contribution is 2.15. The Morgan fingerprint density at radius 3 is 1.24 bits per heavy atom. The van der Waals surface area contributed by atoms with Crippen molar-refractivity contribution < 1.29 is 24.2 Å². The Kier molecular flexibility index (Phi) is 6.69. The van der Waals surface area contributed by atoms with Crippen LogP contribution in [0.3, 0.4) is 0 Å². The van der Waals surface area contributed by atoms with E-state index in [2.05, 4.69) is 16.2 Å². The van der Waals surface area contributed by atoms with Gasteiger partial charge in [-0.05, 0) is 48.5 Å². The maximum atomic E-state index is 12.2. The number of benzene rings is 3. The fourth-order valence-electron chi connectivity index (χ4n) is 2.64. The fraction of sp³-hybridized carbons (Fsp3) is 0. The predicted molar refractivity (Wildman–Crippen MR) is 116 cm³/mol. The number of nitro benzene ring substituents is 2. The van der Waals surface area contributed by atoms with Gasteiger partial charge in [-0.1, -0.05) is 0 Å². The van der Waals surface area contributed by atoms with E-state index in [1.54, 1.807) is 0 Å². The second-order valence-electron chi connectivity index (χ2n) is 6.55. The van der Waals surface area contributed by atoms with Gasteiger partial charge in [-0.3, -0.25) is 45.5 Å². The van der Waals surface area contributed by atoms with Crippen molar-refractivity contribution in [2.75, 3.05) is 5.32 Å². The molecule has 0 aliphatic heterocycles. The van der Waals surface area contributed by atoms with E-state index in [4.69, 9.17) is 0 Å². The van der Waals surface area contributed by atoms with Crippen LogP contribution in [0.25, 0.3) is 0 Å². The van der Waals surface area contributed by atoms with Crippen LogP contribution in [-0.2, 0) is 0 Å². The number of non-ortho nitro benzene ring substituents is 2. The molecule has 0 aliphatic rings. The normalized spacial score (nSPS) is 10.1. The topological polar surface area (TPSA) is 174 Å². The van der Waals surface area contributed by atoms with E-state index in [1.807, 2.05) is 0 Å². The van der Waals surface area contributed by atoms with Crippen molar-refractivity contribution in [1.29, 1.82) is 0 Å². The van der Waals surface area contributed by atoms with Crippen molar-refractivity contribution >= 4 is 34.8 Å². The first-order chi connectivity index (χ1) is 15.7. The molecule has 0 saturated heterocycles. The molecule has 0 aromatic heterocycles. The van der Waals surface area contributed by atoms with E-state index in [9.17, 15) is 34.6 Å². The third kappa shape index (κ3) is 5.73. The van der Waals surface area contributed by atoms with Crippen molar-refractivity contribution in [2.45, 2.75) is 0 Å². The first-order valence-electron chi connectivity index (χ1n) is 9.25. The lowest BCUT2D eigenvalue weighted by Crippen LogP contribution is -2.41. The van der Waals surface area contributed by atoms with Crippen LogP contribution in [0.4, 0.5) is 17.1 Å². The zero-order valence-corrected chi connectivity index (χ0v) is 16.7. The van der Waals surface area contributed by atoms with Crippen LogP contribution in [0.2, 0.25) is 0 Å². The molecule has 12 heteroatoms. The van der Waals surface area contributed by atoms with Crippen LogP contribution < -0.4 is 16.2 Å². The standard InChI is InChI=1S/C21H15N5O7/c27-19(13-3-9-17(10-4-13)25(30)31)22-16-7-1-14(2-8-16)20(28)23-24-21(29)15-5-11-18(12-6-15)26(32)33/h1-12H,(H,22,27)(H,23,28)(H,24,29). The number of hydrogen-bond acceptors (Lipinski definition) is 7. The Morgan fingerprint density at radius 1 is 0.545 bits per heavy atom. The monoisotopic (exact) mass is 449 g/mol. The van der Waals surface area contributed by atoms with Gasteiger partial charge in [-0.15, -0.1) is 0 Å². The summed E-state index contributed by atoms with van der Waals surface area (Å²) in [5.74, 6) is -1.78. The minimum atomic E-state index is -0.662. The van der Waals surface area contributed by atoms with Crippen molar-refractivity contribution in [3.05, 3.63) is 110 Å². The van der Waals surface area contributed by atoms with Gasteiger partial charge in [0.25, 0.3) is 29.1 Å². The molecular weight excluding hydrogens is 434 g/mol. The summed E-state index contributed by atoms with van der Waals surface area (Å²) in [6.45, 7) is 0. The molecule has 3 rings (SSSR count). The van der Waals surface area contributed by atoms with Crippen molar-refractivity contribution in [3.8, 4) is 0 Å². The number of nitrogens with zero attached hydrogens (tertiary/aromatic N) is 2. The van der Waals surface area contributed by atoms with Crippen LogP contribution in [0.5, 0.6) is 0 Å². The van der Waals surface area contributed by atoms with Crippen molar-refractivity contribution in [1.82, 2.24) is 10.9 Å². The van der Waals surface area contributed by atoms with Gasteiger partial charge >= 0.3 is 0 Å². The molecule has 3 N–H and O–H groups in total. The number of hydrogen-bond donors (Lipinski definition) is 3. The Balaban J connectivity index is 1.55. The van der Waals surface area contributed by atoms with Gasteiger partial charge in [0, 0.05) is 46.6 Å². The second kappa shape index (κ2) is 9.78. The summed E-state index contributed by atoms with van der Waals surface area (Å²) in [6.07, 6.45) is 0. The second-order valence-corrected chi connectivity index (χ2v) is 6.55. The number of nitrogens with one attached hydrogen (secondary N) is 3. The van der Waals surface area contributed by atoms with Crippen LogP contribution >= 0.6 is 0 Å². The molecule has 0 atom stereocenters. The number of amides is 3. The smallest absolute Gasteiger partial charge is 0.269 e. The summed E-state index contributed by atoms with van der Waals surface area (Å²) < 4.78 is 0. The Bertz CT molecular complexity index is 1220. The number of rotatable bonds is 6. The van der Waals surface area contributed by atoms with Gasteiger partial charge in [-0.2, -0.15) is 0 Å². The molecule has 0 saturated carbocycles. The SMILES string of the molecule is O=C(NNC(=O)c1ccc([N+](=O)[O-])cc1)c1ccc(NC(=O)c2ccc([N+](=O)[O-])cc2)cc1. The van der Waals surface area contributed by atoms with Crippen molar-refractivity contribution in [2.24, 2.45) is 0 Å². The number of anilines is 1. The first kappa shape index (κ1) is 22.6. The maximum absolute atomic E-state index is 12.2. The van der Waals surface area contributed by atoms with Gasteiger partial charge < -0.3 is 5.32 Å². The van der Waals surface area contributed by atoms with Gasteiger partial charge in [0.15, 0.2) is 0 Å². The molecule has 0 fully saturated rings. The number of carbonyl (C=O) groups excluding carboxylic acids is 3. The molecule has 166 valence electrons. The Morgan fingerprint density at radius 2 is 0.879 bits per heavy atom. The van der Waals surface area contributed by atoms with Crippen LogP contribution in [0, 0.1) is 20.2 Å². The Labute approximate surface area is 185 Å². The number of hydrazine groups is 1. The number of carbonyl (C=O) groups is 3. The summed E-state index contributed by atoms with van der Waals surface area (Å²) in [5, 5.41) is 23.9. The molecule has 0 unspecified atom stereocenters. The third-order valence-electron chi connectivity index (χ3n) is 4.38. The average molecular weight is 449 g/mol. The summed E-state index contributed by atoms with van der Waals surface area (Å²) >= 11 is 0. The molecule has 3 aromatic carbocycles. The van der Waals surface area contributed by atoms with E-state index in [-0.39, 0.29) is 28.1 Å². The van der Waals surface area contributed by atoms with Gasteiger partial charge in [0.05, 0.1) is 9.85 Å². The van der Waals surface area contributed by atoms with Crippen LogP contribution in [0.15, 0.2) is 72.8 Å². The lowest BCUT2D eigenvalue weighted by Gasteiger charge is -2.09. The maximum Gasteiger partial charge on any atom is 0.269 e. The van der Waals surface area contributed by atoms with E-state index in [1.165, 1.54) is 72.8 Å². The van der Waals surface area contributed by atoms with Gasteiger partial charge in [-0.25, -0.2) is 0 Å². The van der Waals surface area contributed by atoms with Crippen LogP contribution in [0.1, 0.15) is 31.1 Å². The minimum absolute atomic E-state index is 0.116. The number of nitro groups is 2. The summed E-state index contributed by atoms with van der Waals surface area (Å²) in [4.78, 5) is 56.7. The molecule has 0 heterocycles. The fourth-order valence-corrected chi connectivity index (χ4v) is 2.64. The molecule has 0 radical (unpaired) electrons. The zero-order chi connectivity index (χ0) is 24.0. The third-order valence-corrected chi connectivity index (χ3v) is 4.38. The first-order valence-corrected chi connectivity index (χ1v) is 9.25. The largest absolute Gasteiger partial charge is 0.322 e. The van der Waals surface area contributed by atoms with Crippen molar-refractivity contribution in [3.63, 3.8) is 0 Å². The molecule has 12 nitrogen and oxygen atoms in total. The van der Waals surface area contributed by atoms with Gasteiger partial charge in [0.1, 0.15) is 0 Å². The molecule has 33 heavy (non-hydrogen) atoms. The average Bonchev–Trinajstić information content (AvgIpc) is 2.82. The van der Waals surface area contributed by atoms with E-state index in [0.717, 1.165) is 0 Å². The highest BCUT2D eigenvalue weighted by molar-refractivity contribution is 6.05. The summed E-state index contributed by atoms with van der Waals surface area (Å²) in [5.41, 5.74) is 5.02. The van der Waals surface area contributed by atoms with E-state index in [0.29, 0.717) is 5.69 Å². The zero-order valence-electron chi connectivity index (χ0n) is 16.7. The minimum Gasteiger partial charge on any atom is -0.322 e. The van der Waals surface area contributed by atoms with E-state index < -0.39 is 27.6 Å². The lowest BCUT2D eigenvalue weighted by atomic mass is 10.1. The molecule has 0 aliphatic carbocycles. The molecule has 3 aromatic rings. The molecule has 0 spiro atoms. The summed E-state index contributed by atoms with van der Waals surface area (Å²) in [7, 11) is 0. The highest BCUT2D eigenvalue weighted by atomic mass is 16.6. The quantitative estimate of drug-likeness (QED) is 0.383. The predicted octanol–water partition coefficient (Wildman–Crippen LogP) is 2.83. The molecular formula is C21H15N5O7.